The highest BCUT2D eigenvalue weighted by molar-refractivity contribution is 5.93. The zero-order valence-corrected chi connectivity index (χ0v) is 14.2. The zero-order valence-electron chi connectivity index (χ0n) is 14.2. The topological polar surface area (TPSA) is 91.1 Å². The van der Waals surface area contributed by atoms with Gasteiger partial charge in [0.05, 0.1) is 11.7 Å². The second-order valence-electron chi connectivity index (χ2n) is 5.93. The summed E-state index contributed by atoms with van der Waals surface area (Å²) in [5.74, 6) is 0.643. The molecule has 1 unspecified atom stereocenters. The number of aliphatic hydroxyl groups is 1. The zero-order chi connectivity index (χ0) is 19.6. The third-order valence-corrected chi connectivity index (χ3v) is 3.87. The largest absolute Gasteiger partial charge is 0.460 e. The van der Waals surface area contributed by atoms with E-state index >= 15 is 0 Å². The fraction of sp³-hybridized carbons (Fsp3) is 0.222. The van der Waals surface area contributed by atoms with Crippen LogP contribution in [0.15, 0.2) is 46.9 Å². The fourth-order valence-corrected chi connectivity index (χ4v) is 2.46. The van der Waals surface area contributed by atoms with E-state index < -0.39 is 23.8 Å². The van der Waals surface area contributed by atoms with Gasteiger partial charge in [0.25, 0.3) is 5.91 Å². The van der Waals surface area contributed by atoms with Crippen LogP contribution in [0.3, 0.4) is 0 Å². The van der Waals surface area contributed by atoms with Crippen LogP contribution in [-0.4, -0.2) is 27.8 Å². The van der Waals surface area contributed by atoms with Crippen molar-refractivity contribution in [2.45, 2.75) is 19.2 Å². The van der Waals surface area contributed by atoms with Crippen LogP contribution < -0.4 is 5.32 Å². The van der Waals surface area contributed by atoms with Gasteiger partial charge in [-0.15, -0.1) is 0 Å². The van der Waals surface area contributed by atoms with Crippen molar-refractivity contribution in [3.05, 3.63) is 65.0 Å². The van der Waals surface area contributed by atoms with Crippen LogP contribution in [-0.2, 0) is 6.18 Å². The maximum Gasteiger partial charge on any atom is 0.416 e. The Morgan fingerprint density at radius 1 is 1.30 bits per heavy atom. The van der Waals surface area contributed by atoms with Gasteiger partial charge in [-0.05, 0) is 36.8 Å². The van der Waals surface area contributed by atoms with Crippen molar-refractivity contribution in [2.24, 2.45) is 0 Å². The summed E-state index contributed by atoms with van der Waals surface area (Å²) in [6, 6.07) is 9.29. The molecule has 3 aromatic rings. The highest BCUT2D eigenvalue weighted by Gasteiger charge is 2.30. The first kappa shape index (κ1) is 18.7. The van der Waals surface area contributed by atoms with Crippen LogP contribution in [0.25, 0.3) is 11.5 Å². The molecule has 1 atom stereocenters. The lowest BCUT2D eigenvalue weighted by atomic mass is 10.1. The van der Waals surface area contributed by atoms with Gasteiger partial charge in [0.2, 0.25) is 0 Å². The molecule has 3 N–H and O–H groups in total. The summed E-state index contributed by atoms with van der Waals surface area (Å²) in [7, 11) is 0. The Labute approximate surface area is 152 Å². The average molecular weight is 379 g/mol. The Bertz CT molecular complexity index is 946. The van der Waals surface area contributed by atoms with Crippen LogP contribution in [0, 0.1) is 6.92 Å². The molecule has 0 saturated carbocycles. The Hall–Kier alpha value is -3.07. The summed E-state index contributed by atoms with van der Waals surface area (Å²) >= 11 is 0. The molecule has 2 heterocycles. The summed E-state index contributed by atoms with van der Waals surface area (Å²) < 4.78 is 43.6. The molecule has 142 valence electrons. The number of aromatic nitrogens is 2. The number of rotatable bonds is 5. The summed E-state index contributed by atoms with van der Waals surface area (Å²) in [6.07, 6.45) is -5.79. The molecule has 9 heteroatoms. The Morgan fingerprint density at radius 3 is 2.74 bits per heavy atom. The van der Waals surface area contributed by atoms with E-state index in [1.165, 1.54) is 18.2 Å². The van der Waals surface area contributed by atoms with E-state index in [-0.39, 0.29) is 17.8 Å². The number of benzene rings is 1. The number of aryl methyl sites for hydroxylation is 1. The fourth-order valence-electron chi connectivity index (χ4n) is 2.46. The smallest absolute Gasteiger partial charge is 0.416 e. The van der Waals surface area contributed by atoms with Gasteiger partial charge in [-0.2, -0.15) is 18.3 Å². The number of furan rings is 1. The summed E-state index contributed by atoms with van der Waals surface area (Å²) in [6.45, 7) is 1.52. The van der Waals surface area contributed by atoms with Crippen molar-refractivity contribution in [2.75, 3.05) is 6.54 Å². The van der Waals surface area contributed by atoms with Crippen molar-refractivity contribution < 1.29 is 27.5 Å². The molecule has 0 bridgehead atoms. The number of alkyl halides is 3. The minimum atomic E-state index is -4.51. The molecule has 1 aromatic carbocycles. The lowest BCUT2D eigenvalue weighted by Crippen LogP contribution is -2.28. The van der Waals surface area contributed by atoms with E-state index in [0.29, 0.717) is 17.2 Å². The molecular weight excluding hydrogens is 363 g/mol. The molecular formula is C18H16F3N3O3. The van der Waals surface area contributed by atoms with Gasteiger partial charge in [0.1, 0.15) is 11.5 Å². The van der Waals surface area contributed by atoms with E-state index in [0.717, 1.165) is 12.1 Å². The minimum Gasteiger partial charge on any atom is -0.460 e. The first-order valence-corrected chi connectivity index (χ1v) is 7.99. The number of aliphatic hydroxyl groups excluding tert-OH is 1. The van der Waals surface area contributed by atoms with Gasteiger partial charge in [0.15, 0.2) is 11.5 Å². The van der Waals surface area contributed by atoms with Gasteiger partial charge in [0, 0.05) is 12.6 Å². The van der Waals surface area contributed by atoms with Crippen LogP contribution >= 0.6 is 0 Å². The summed E-state index contributed by atoms with van der Waals surface area (Å²) in [5, 5.41) is 19.0. The molecule has 0 spiro atoms. The normalized spacial score (nSPS) is 12.8. The van der Waals surface area contributed by atoms with Gasteiger partial charge < -0.3 is 14.8 Å². The SMILES string of the molecule is Cc1ccc(-c2cc(C(=O)NCC(O)c3cccc(C(F)(F)F)c3)n[nH]2)o1. The summed E-state index contributed by atoms with van der Waals surface area (Å²) in [5.41, 5.74) is -0.239. The lowest BCUT2D eigenvalue weighted by Gasteiger charge is -2.14. The van der Waals surface area contributed by atoms with E-state index in [9.17, 15) is 23.1 Å². The van der Waals surface area contributed by atoms with Gasteiger partial charge in [-0.1, -0.05) is 12.1 Å². The molecule has 0 aliphatic rings. The molecule has 0 aliphatic carbocycles. The maximum absolute atomic E-state index is 12.7. The van der Waals surface area contributed by atoms with E-state index in [1.54, 1.807) is 19.1 Å². The van der Waals surface area contributed by atoms with Crippen LogP contribution in [0.1, 0.15) is 33.5 Å². The molecule has 0 fully saturated rings. The number of nitrogens with zero attached hydrogens (tertiary/aromatic N) is 1. The third-order valence-electron chi connectivity index (χ3n) is 3.87. The van der Waals surface area contributed by atoms with Gasteiger partial charge in [-0.3, -0.25) is 9.89 Å². The lowest BCUT2D eigenvalue weighted by molar-refractivity contribution is -0.137. The Morgan fingerprint density at radius 2 is 2.07 bits per heavy atom. The van der Waals surface area contributed by atoms with E-state index in [4.69, 9.17) is 4.42 Å². The van der Waals surface area contributed by atoms with Crippen LogP contribution in [0.4, 0.5) is 13.2 Å². The van der Waals surface area contributed by atoms with Crippen molar-refractivity contribution in [1.29, 1.82) is 0 Å². The number of hydrogen-bond acceptors (Lipinski definition) is 4. The van der Waals surface area contributed by atoms with Gasteiger partial charge in [-0.25, -0.2) is 0 Å². The van der Waals surface area contributed by atoms with Gasteiger partial charge >= 0.3 is 6.18 Å². The quantitative estimate of drug-likeness (QED) is 0.633. The Kier molecular flexibility index (Phi) is 5.04. The second-order valence-corrected chi connectivity index (χ2v) is 5.93. The predicted molar refractivity (Wildman–Crippen MR) is 89.8 cm³/mol. The van der Waals surface area contributed by atoms with Crippen molar-refractivity contribution in [3.63, 3.8) is 0 Å². The summed E-state index contributed by atoms with van der Waals surface area (Å²) in [4.78, 5) is 12.1. The Balaban J connectivity index is 1.63. The highest BCUT2D eigenvalue weighted by Crippen LogP contribution is 2.30. The third kappa shape index (κ3) is 4.37. The number of carbonyl (C=O) groups is 1. The number of aromatic amines is 1. The van der Waals surface area contributed by atoms with Crippen LogP contribution in [0.5, 0.6) is 0 Å². The minimum absolute atomic E-state index is 0.0545. The monoisotopic (exact) mass is 379 g/mol. The van der Waals surface area contributed by atoms with E-state index in [2.05, 4.69) is 15.5 Å². The number of halogens is 3. The number of hydrogen-bond donors (Lipinski definition) is 3. The first-order chi connectivity index (χ1) is 12.7. The van der Waals surface area contributed by atoms with Crippen molar-refractivity contribution in [3.8, 4) is 11.5 Å². The first-order valence-electron chi connectivity index (χ1n) is 7.99. The highest BCUT2D eigenvalue weighted by atomic mass is 19.4. The standard InChI is InChI=1S/C18H16F3N3O3/c1-10-5-6-16(27-10)13-8-14(24-23-13)17(26)22-9-15(25)11-3-2-4-12(7-11)18(19,20)21/h2-8,15,25H,9H2,1H3,(H,22,26)(H,23,24). The molecule has 0 radical (unpaired) electrons. The number of carbonyl (C=O) groups excluding carboxylic acids is 1. The molecule has 3 rings (SSSR count). The average Bonchev–Trinajstić information content (AvgIpc) is 3.27. The van der Waals surface area contributed by atoms with Crippen molar-refractivity contribution in [1.82, 2.24) is 15.5 Å². The number of H-pyrrole nitrogens is 1. The number of amides is 1. The predicted octanol–water partition coefficient (Wildman–Crippen LogP) is 3.46. The molecule has 6 nitrogen and oxygen atoms in total. The second kappa shape index (κ2) is 7.28. The molecule has 0 saturated heterocycles. The molecule has 2 aromatic heterocycles. The molecule has 1 amide bonds. The number of nitrogens with one attached hydrogen (secondary N) is 2. The van der Waals surface area contributed by atoms with Crippen molar-refractivity contribution >= 4 is 5.91 Å². The van der Waals surface area contributed by atoms with Crippen LogP contribution in [0.2, 0.25) is 0 Å². The maximum atomic E-state index is 12.7. The molecule has 27 heavy (non-hydrogen) atoms. The molecule has 0 aliphatic heterocycles. The van der Waals surface area contributed by atoms with E-state index in [1.807, 2.05) is 0 Å².